The van der Waals surface area contributed by atoms with E-state index in [4.69, 9.17) is 0 Å². The summed E-state index contributed by atoms with van der Waals surface area (Å²) >= 11 is 0. The molecule has 0 heteroatoms. The van der Waals surface area contributed by atoms with Crippen molar-refractivity contribution in [3.63, 3.8) is 0 Å². The molecule has 0 radical (unpaired) electrons. The molecule has 0 aromatic heterocycles. The van der Waals surface area contributed by atoms with Crippen LogP contribution in [0.4, 0.5) is 0 Å². The van der Waals surface area contributed by atoms with Gasteiger partial charge in [-0.3, -0.25) is 0 Å². The van der Waals surface area contributed by atoms with Crippen LogP contribution in [0, 0.1) is 27.7 Å². The fourth-order valence-electron chi connectivity index (χ4n) is 9.66. The molecule has 0 saturated carbocycles. The van der Waals surface area contributed by atoms with Gasteiger partial charge in [-0.1, -0.05) is 556 Å². The summed E-state index contributed by atoms with van der Waals surface area (Å²) in [5.74, 6) is 0. The standard InChI is InChI=1S/C15H12.C14H10.C12H10.C10H8.3C7H8.4C6H6.7C2H6/c1-11-14-8-4-2-6-12(14)10-13-7-3-5-9-15(11)13;1-2-6-12-10-14-8-4-3-7-13(14)9-11(12)5-1;1-3-7-11(8-4-1)12-9-5-2-6-10-12;1-2-6-10-8-4-3-7-9(10)5-1;3*1-7-5-3-2-4-6-7;4*1-2-4-6-5-3-1;7*1-2/h2-10H,1H3;1-10H;1-10H;1-8H;3*2-6H,1H3;4*1-6H;7*1-2H3. The Balaban J connectivity index is 0.00000119. The first-order valence-corrected chi connectivity index (χ1v) is 39.7. The summed E-state index contributed by atoms with van der Waals surface area (Å²) in [6, 6.07) is 157. The van der Waals surface area contributed by atoms with E-state index in [2.05, 4.69) is 276 Å². The third kappa shape index (κ3) is 45.5. The minimum Gasteiger partial charge on any atom is -0.0683 e. The van der Waals surface area contributed by atoms with E-state index in [9.17, 15) is 0 Å². The molecule has 570 valence electrons. The molecule has 0 atom stereocenters. The lowest BCUT2D eigenvalue weighted by molar-refractivity contribution is 1.48. The van der Waals surface area contributed by atoms with Crippen molar-refractivity contribution >= 4 is 53.9 Å². The second-order valence-electron chi connectivity index (χ2n) is 22.2. The van der Waals surface area contributed by atoms with E-state index in [1.807, 2.05) is 309 Å². The molecule has 110 heavy (non-hydrogen) atoms. The van der Waals surface area contributed by atoms with Crippen LogP contribution in [0.3, 0.4) is 0 Å². The smallest absolute Gasteiger partial charge is 0.0148 e. The maximum absolute atomic E-state index is 2.26. The highest BCUT2D eigenvalue weighted by atomic mass is 14.1. The van der Waals surface area contributed by atoms with Gasteiger partial charge in [0, 0.05) is 0 Å². The highest BCUT2D eigenvalue weighted by Gasteiger charge is 2.02. The van der Waals surface area contributed by atoms with Crippen LogP contribution in [0.1, 0.15) is 119 Å². The van der Waals surface area contributed by atoms with Gasteiger partial charge in [-0.15, -0.1) is 0 Å². The molecule has 17 rings (SSSR count). The van der Waals surface area contributed by atoms with Crippen molar-refractivity contribution in [1.29, 1.82) is 0 Å². The highest BCUT2D eigenvalue weighted by molar-refractivity contribution is 6.02. The molecule has 0 aliphatic heterocycles. The van der Waals surface area contributed by atoms with Gasteiger partial charge in [0.25, 0.3) is 0 Å². The van der Waals surface area contributed by atoms with Crippen molar-refractivity contribution < 1.29 is 0 Å². The van der Waals surface area contributed by atoms with Gasteiger partial charge < -0.3 is 0 Å². The van der Waals surface area contributed by atoms with Gasteiger partial charge in [0.2, 0.25) is 0 Å². The van der Waals surface area contributed by atoms with Gasteiger partial charge in [0.05, 0.1) is 0 Å². The van der Waals surface area contributed by atoms with Crippen LogP contribution in [0.2, 0.25) is 0 Å². The fourth-order valence-corrected chi connectivity index (χ4v) is 9.66. The molecule has 0 spiro atoms. The average Bonchev–Trinajstić information content (AvgIpc) is 0.790. The summed E-state index contributed by atoms with van der Waals surface area (Å²) in [6.07, 6.45) is 0. The number of fused-ring (bicyclic) bond motifs is 5. The highest BCUT2D eigenvalue weighted by Crippen LogP contribution is 2.28. The Hall–Kier alpha value is -12.0. The number of rotatable bonds is 1. The summed E-state index contributed by atoms with van der Waals surface area (Å²) in [7, 11) is 0. The van der Waals surface area contributed by atoms with Crippen LogP contribution in [-0.4, -0.2) is 0 Å². The minimum atomic E-state index is 1.28. The third-order valence-corrected chi connectivity index (χ3v) is 14.7. The normalized spacial score (nSPS) is 8.64. The zero-order valence-corrected chi connectivity index (χ0v) is 69.9. The molecule has 0 bridgehead atoms. The second-order valence-corrected chi connectivity index (χ2v) is 22.2. The zero-order chi connectivity index (χ0) is 81.0. The average molecular weight is 1450 g/mol. The van der Waals surface area contributed by atoms with Crippen molar-refractivity contribution in [3.8, 4) is 11.1 Å². The fraction of sp³-hybridized carbons (Fsp3) is 0.164. The first-order chi connectivity index (χ1) is 54.4. The van der Waals surface area contributed by atoms with E-state index < -0.39 is 0 Å². The van der Waals surface area contributed by atoms with E-state index in [0.29, 0.717) is 0 Å². The number of hydrogen-bond acceptors (Lipinski definition) is 0. The van der Waals surface area contributed by atoms with E-state index >= 15 is 0 Å². The molecule has 17 aromatic rings. The Labute approximate surface area is 668 Å². The third-order valence-electron chi connectivity index (χ3n) is 14.7. The molecule has 0 amide bonds. The van der Waals surface area contributed by atoms with Crippen molar-refractivity contribution in [2.75, 3.05) is 0 Å². The Morgan fingerprint density at radius 2 is 0.245 bits per heavy atom. The quantitative estimate of drug-likeness (QED) is 0.144. The molecule has 0 aliphatic rings. The Bertz CT molecular complexity index is 4100. The van der Waals surface area contributed by atoms with E-state index in [1.165, 1.54) is 87.2 Å². The van der Waals surface area contributed by atoms with Gasteiger partial charge in [-0.05, 0) is 116 Å². The lowest BCUT2D eigenvalue weighted by Gasteiger charge is -2.06. The number of aryl methyl sites for hydroxylation is 4. The van der Waals surface area contributed by atoms with Crippen molar-refractivity contribution in [2.24, 2.45) is 0 Å². The lowest BCUT2D eigenvalue weighted by atomic mass is 9.98. The molecule has 17 aromatic carbocycles. The topological polar surface area (TPSA) is 0 Å². The van der Waals surface area contributed by atoms with Gasteiger partial charge in [-0.2, -0.15) is 0 Å². The first-order valence-electron chi connectivity index (χ1n) is 39.7. The molecule has 0 fully saturated rings. The molecule has 0 saturated heterocycles. The summed E-state index contributed by atoms with van der Waals surface area (Å²) in [4.78, 5) is 0. The Kier molecular flexibility index (Phi) is 63.6. The SMILES string of the molecule is CC.CC.CC.CC.CC.CC.CC.Cc1c2ccccc2cc2ccccc12.Cc1ccccc1.Cc1ccccc1.Cc1ccccc1.c1ccc(-c2ccccc2)cc1.c1ccc2cc3ccccc3cc2c1.c1ccc2ccccc2c1.c1ccccc1.c1ccccc1.c1ccccc1.c1ccccc1. The molecule has 0 unspecified atom stereocenters. The van der Waals surface area contributed by atoms with Crippen LogP contribution in [0.15, 0.2) is 461 Å². The first kappa shape index (κ1) is 98.0. The van der Waals surface area contributed by atoms with Crippen LogP contribution < -0.4 is 0 Å². The van der Waals surface area contributed by atoms with Crippen molar-refractivity contribution in [3.05, 3.63) is 483 Å². The van der Waals surface area contributed by atoms with Crippen molar-refractivity contribution in [1.82, 2.24) is 0 Å². The van der Waals surface area contributed by atoms with Gasteiger partial charge in [-0.25, -0.2) is 0 Å². The van der Waals surface area contributed by atoms with Gasteiger partial charge >= 0.3 is 0 Å². The molecule has 0 aliphatic carbocycles. The summed E-state index contributed by atoms with van der Waals surface area (Å²) in [5.41, 5.74) is 7.90. The molecule has 0 heterocycles. The van der Waals surface area contributed by atoms with E-state index in [-0.39, 0.29) is 0 Å². The van der Waals surface area contributed by atoms with Gasteiger partial charge in [0.15, 0.2) is 0 Å². The van der Waals surface area contributed by atoms with Crippen molar-refractivity contribution in [2.45, 2.75) is 125 Å². The maximum Gasteiger partial charge on any atom is -0.0148 e. The predicted octanol–water partition coefficient (Wildman–Crippen LogP) is 34.4. The summed E-state index contributed by atoms with van der Waals surface area (Å²) in [5, 5.41) is 13.2. The Morgan fingerprint density at radius 3 is 0.418 bits per heavy atom. The predicted molar refractivity (Wildman–Crippen MR) is 502 cm³/mol. The summed E-state index contributed by atoms with van der Waals surface area (Å²) < 4.78 is 0. The molecule has 0 nitrogen and oxygen atoms in total. The molecular formula is C110H130. The Morgan fingerprint density at radius 1 is 0.118 bits per heavy atom. The largest absolute Gasteiger partial charge is 0.0683 e. The lowest BCUT2D eigenvalue weighted by Crippen LogP contribution is -1.81. The van der Waals surface area contributed by atoms with E-state index in [0.717, 1.165) is 0 Å². The van der Waals surface area contributed by atoms with Crippen LogP contribution >= 0.6 is 0 Å². The monoisotopic (exact) mass is 1450 g/mol. The minimum absolute atomic E-state index is 1.28. The van der Waals surface area contributed by atoms with Crippen LogP contribution in [-0.2, 0) is 0 Å². The second kappa shape index (κ2) is 71.3. The van der Waals surface area contributed by atoms with Gasteiger partial charge in [0.1, 0.15) is 0 Å². The maximum atomic E-state index is 2.26. The molecule has 0 N–H and O–H groups in total. The zero-order valence-electron chi connectivity index (χ0n) is 69.9. The van der Waals surface area contributed by atoms with Crippen LogP contribution in [0.5, 0.6) is 0 Å². The summed E-state index contributed by atoms with van der Waals surface area (Å²) in [6.45, 7) is 36.4. The van der Waals surface area contributed by atoms with E-state index in [1.54, 1.807) is 0 Å². The molecular weight excluding hydrogens is 1320 g/mol. The van der Waals surface area contributed by atoms with Crippen LogP contribution in [0.25, 0.3) is 65.0 Å². The number of benzene rings is 17. The number of hydrogen-bond donors (Lipinski definition) is 0.